The van der Waals surface area contributed by atoms with Crippen LogP contribution in [0.3, 0.4) is 0 Å². The van der Waals surface area contributed by atoms with E-state index < -0.39 is 0 Å². The van der Waals surface area contributed by atoms with Crippen molar-refractivity contribution in [3.05, 3.63) is 40.8 Å². The van der Waals surface area contributed by atoms with Gasteiger partial charge in [0.15, 0.2) is 0 Å². The average Bonchev–Trinajstić information content (AvgIpc) is 3.37. The van der Waals surface area contributed by atoms with Crippen LogP contribution >= 0.6 is 11.3 Å². The highest BCUT2D eigenvalue weighted by Crippen LogP contribution is 2.43. The summed E-state index contributed by atoms with van der Waals surface area (Å²) in [6.45, 7) is 2.20. The number of aryl methyl sites for hydroxylation is 1. The standard InChI is InChI=1S/C19H23N3O2S/c23-17(4-3-15-2-1-9-20-15)21-10-6-19(7-11-21)8-12-22(18(19)24)16-5-13-25-14-16/h1-2,5,9,13-14,20H,3-4,6-8,10-12H2. The Balaban J connectivity index is 1.33. The lowest BCUT2D eigenvalue weighted by molar-refractivity contribution is -0.137. The molecule has 5 nitrogen and oxygen atoms in total. The maximum atomic E-state index is 13.0. The van der Waals surface area contributed by atoms with Crippen molar-refractivity contribution in [2.45, 2.75) is 32.1 Å². The van der Waals surface area contributed by atoms with Crippen LogP contribution in [0.15, 0.2) is 35.2 Å². The lowest BCUT2D eigenvalue weighted by Gasteiger charge is -2.38. The predicted octanol–water partition coefficient (Wildman–Crippen LogP) is 3.05. The van der Waals surface area contributed by atoms with Crippen LogP contribution in [-0.4, -0.2) is 41.3 Å². The van der Waals surface area contributed by atoms with E-state index in [0.29, 0.717) is 19.5 Å². The molecule has 2 aliphatic heterocycles. The van der Waals surface area contributed by atoms with Gasteiger partial charge in [-0.05, 0) is 49.3 Å². The number of piperidine rings is 1. The number of nitrogens with zero attached hydrogens (tertiary/aromatic N) is 2. The van der Waals surface area contributed by atoms with Gasteiger partial charge in [0.05, 0.1) is 11.1 Å². The first-order valence-corrected chi connectivity index (χ1v) is 9.86. The highest BCUT2D eigenvalue weighted by atomic mass is 32.1. The van der Waals surface area contributed by atoms with Crippen molar-refractivity contribution in [1.29, 1.82) is 0 Å². The van der Waals surface area contributed by atoms with Crippen LogP contribution in [0, 0.1) is 5.41 Å². The van der Waals surface area contributed by atoms with Gasteiger partial charge in [0.25, 0.3) is 0 Å². The zero-order chi connectivity index (χ0) is 17.3. The van der Waals surface area contributed by atoms with Gasteiger partial charge in [-0.1, -0.05) is 0 Å². The van der Waals surface area contributed by atoms with Crippen molar-refractivity contribution < 1.29 is 9.59 Å². The first kappa shape index (κ1) is 16.4. The predicted molar refractivity (Wildman–Crippen MR) is 98.6 cm³/mol. The maximum Gasteiger partial charge on any atom is 0.233 e. The zero-order valence-electron chi connectivity index (χ0n) is 14.2. The molecule has 0 aromatic carbocycles. The topological polar surface area (TPSA) is 56.4 Å². The monoisotopic (exact) mass is 357 g/mol. The molecule has 25 heavy (non-hydrogen) atoms. The molecule has 1 N–H and O–H groups in total. The molecule has 4 rings (SSSR count). The molecule has 132 valence electrons. The lowest BCUT2D eigenvalue weighted by Crippen LogP contribution is -2.46. The first-order chi connectivity index (χ1) is 12.2. The van der Waals surface area contributed by atoms with E-state index in [1.54, 1.807) is 11.3 Å². The Kier molecular flexibility index (Phi) is 4.37. The molecule has 6 heteroatoms. The SMILES string of the molecule is O=C(CCc1ccc[nH]1)N1CCC2(CC1)CCN(c1ccsc1)C2=O. The largest absolute Gasteiger partial charge is 0.365 e. The fourth-order valence-corrected chi connectivity index (χ4v) is 4.69. The molecule has 2 fully saturated rings. The summed E-state index contributed by atoms with van der Waals surface area (Å²) in [5, 5.41) is 4.05. The van der Waals surface area contributed by atoms with E-state index in [4.69, 9.17) is 0 Å². The number of hydrogen-bond acceptors (Lipinski definition) is 3. The number of anilines is 1. The Morgan fingerprint density at radius 3 is 2.68 bits per heavy atom. The van der Waals surface area contributed by atoms with Gasteiger partial charge in [0.1, 0.15) is 0 Å². The molecule has 1 spiro atoms. The normalized spacial score (nSPS) is 19.8. The molecular weight excluding hydrogens is 334 g/mol. The summed E-state index contributed by atoms with van der Waals surface area (Å²) in [5.74, 6) is 0.453. The average molecular weight is 357 g/mol. The first-order valence-electron chi connectivity index (χ1n) is 8.92. The van der Waals surface area contributed by atoms with E-state index >= 15 is 0 Å². The molecule has 0 radical (unpaired) electrons. The van der Waals surface area contributed by atoms with Crippen LogP contribution in [0.25, 0.3) is 0 Å². The minimum Gasteiger partial charge on any atom is -0.365 e. The second kappa shape index (κ2) is 6.67. The smallest absolute Gasteiger partial charge is 0.233 e. The van der Waals surface area contributed by atoms with Crippen LogP contribution in [-0.2, 0) is 16.0 Å². The van der Waals surface area contributed by atoms with Gasteiger partial charge in [0.2, 0.25) is 11.8 Å². The summed E-state index contributed by atoms with van der Waals surface area (Å²) in [5.41, 5.74) is 1.87. The molecule has 0 atom stereocenters. The van der Waals surface area contributed by atoms with Crippen molar-refractivity contribution in [3.63, 3.8) is 0 Å². The summed E-state index contributed by atoms with van der Waals surface area (Å²) in [6, 6.07) is 5.98. The number of thiophene rings is 1. The number of hydrogen-bond donors (Lipinski definition) is 1. The quantitative estimate of drug-likeness (QED) is 0.914. The minimum atomic E-state index is -0.252. The molecule has 0 aliphatic carbocycles. The fourth-order valence-electron chi connectivity index (χ4n) is 4.05. The Bertz CT molecular complexity index is 731. The maximum absolute atomic E-state index is 13.0. The highest BCUT2D eigenvalue weighted by molar-refractivity contribution is 7.08. The number of nitrogens with one attached hydrogen (secondary N) is 1. The summed E-state index contributed by atoms with van der Waals surface area (Å²) >= 11 is 1.62. The third-order valence-electron chi connectivity index (χ3n) is 5.67. The number of rotatable bonds is 4. The Morgan fingerprint density at radius 2 is 2.00 bits per heavy atom. The van der Waals surface area contributed by atoms with E-state index in [2.05, 4.69) is 4.98 Å². The van der Waals surface area contributed by atoms with E-state index in [-0.39, 0.29) is 17.2 Å². The molecular formula is C19H23N3O2S. The van der Waals surface area contributed by atoms with Crippen molar-refractivity contribution in [3.8, 4) is 0 Å². The van der Waals surface area contributed by atoms with Crippen LogP contribution in [0.5, 0.6) is 0 Å². The summed E-state index contributed by atoms with van der Waals surface area (Å²) in [4.78, 5) is 32.4. The van der Waals surface area contributed by atoms with Crippen LogP contribution in [0.4, 0.5) is 5.69 Å². The second-order valence-corrected chi connectivity index (χ2v) is 7.82. The second-order valence-electron chi connectivity index (χ2n) is 7.04. The zero-order valence-corrected chi connectivity index (χ0v) is 15.1. The Morgan fingerprint density at radius 1 is 1.20 bits per heavy atom. The third-order valence-corrected chi connectivity index (χ3v) is 6.35. The Labute approximate surface area is 151 Å². The molecule has 2 aliphatic rings. The van der Waals surface area contributed by atoms with Gasteiger partial charge < -0.3 is 14.8 Å². The minimum absolute atomic E-state index is 0.199. The number of aromatic nitrogens is 1. The summed E-state index contributed by atoms with van der Waals surface area (Å²) < 4.78 is 0. The highest BCUT2D eigenvalue weighted by Gasteiger charge is 2.48. The molecule has 4 heterocycles. The number of carbonyl (C=O) groups is 2. The molecule has 0 unspecified atom stereocenters. The van der Waals surface area contributed by atoms with Crippen LogP contribution in [0.1, 0.15) is 31.4 Å². The number of likely N-dealkylation sites (tertiary alicyclic amines) is 1. The number of H-pyrrole nitrogens is 1. The molecule has 2 aromatic heterocycles. The Hall–Kier alpha value is -2.08. The van der Waals surface area contributed by atoms with E-state index in [1.807, 2.05) is 45.0 Å². The molecule has 0 saturated carbocycles. The van der Waals surface area contributed by atoms with Gasteiger partial charge in [-0.3, -0.25) is 9.59 Å². The van der Waals surface area contributed by atoms with Crippen molar-refractivity contribution in [2.24, 2.45) is 5.41 Å². The molecule has 0 bridgehead atoms. The number of amides is 2. The van der Waals surface area contributed by atoms with Crippen LogP contribution < -0.4 is 4.90 Å². The number of aromatic amines is 1. The molecule has 2 saturated heterocycles. The van der Waals surface area contributed by atoms with Gasteiger partial charge in [-0.15, -0.1) is 0 Å². The summed E-state index contributed by atoms with van der Waals surface area (Å²) in [7, 11) is 0. The number of carbonyl (C=O) groups excluding carboxylic acids is 2. The van der Waals surface area contributed by atoms with E-state index in [0.717, 1.165) is 43.6 Å². The van der Waals surface area contributed by atoms with E-state index in [1.165, 1.54) is 0 Å². The molecule has 2 amide bonds. The van der Waals surface area contributed by atoms with Gasteiger partial charge in [0, 0.05) is 43.3 Å². The lowest BCUT2D eigenvalue weighted by atomic mass is 9.77. The van der Waals surface area contributed by atoms with Crippen LogP contribution in [0.2, 0.25) is 0 Å². The van der Waals surface area contributed by atoms with E-state index in [9.17, 15) is 9.59 Å². The van der Waals surface area contributed by atoms with Gasteiger partial charge >= 0.3 is 0 Å². The fraction of sp³-hybridized carbons (Fsp3) is 0.474. The van der Waals surface area contributed by atoms with Crippen molar-refractivity contribution in [2.75, 3.05) is 24.5 Å². The molecule has 2 aromatic rings. The van der Waals surface area contributed by atoms with Gasteiger partial charge in [-0.25, -0.2) is 0 Å². The van der Waals surface area contributed by atoms with Gasteiger partial charge in [-0.2, -0.15) is 11.3 Å². The summed E-state index contributed by atoms with van der Waals surface area (Å²) in [6.07, 6.45) is 5.66. The third kappa shape index (κ3) is 3.11. The van der Waals surface area contributed by atoms with Crippen molar-refractivity contribution >= 4 is 28.8 Å². The van der Waals surface area contributed by atoms with Crippen molar-refractivity contribution in [1.82, 2.24) is 9.88 Å².